The van der Waals surface area contributed by atoms with Crippen LogP contribution in [-0.4, -0.2) is 309 Å². The molecule has 0 spiro atoms. The second kappa shape index (κ2) is 31.0. The van der Waals surface area contributed by atoms with Crippen molar-refractivity contribution < 1.29 is 154 Å². The van der Waals surface area contributed by atoms with E-state index in [-0.39, 0.29) is 53.6 Å². The Morgan fingerprint density at radius 3 is 1.65 bits per heavy atom. The fourth-order valence-corrected chi connectivity index (χ4v) is 19.3. The largest absolute Gasteiger partial charge is 0.481 e. The fourth-order valence-electron chi connectivity index (χ4n) is 19.3. The molecule has 101 heavy (non-hydrogen) atoms. The zero-order chi connectivity index (χ0) is 74.2. The molecule has 4 saturated carbocycles. The fraction of sp³-hybridized carbons (Fsp3) is 0.886. The van der Waals surface area contributed by atoms with Gasteiger partial charge < -0.3 is 144 Å². The predicted molar refractivity (Wildman–Crippen MR) is 345 cm³/mol. The van der Waals surface area contributed by atoms with Crippen LogP contribution in [0.5, 0.6) is 0 Å². The molecule has 5 heterocycles. The number of hydrogen-bond acceptors (Lipinski definition) is 30. The number of carbonyl (C=O) groups is 2. The monoisotopic (exact) mass is 1450 g/mol. The zero-order valence-corrected chi connectivity index (χ0v) is 58.8. The smallest absolute Gasteiger partial charge is 0.333 e. The lowest BCUT2D eigenvalue weighted by Crippen LogP contribution is -2.69. The maximum absolute atomic E-state index is 13.4. The number of esters is 1. The summed E-state index contributed by atoms with van der Waals surface area (Å²) in [4.78, 5) is 26.4. The summed E-state index contributed by atoms with van der Waals surface area (Å²) < 4.78 is 66.9. The van der Waals surface area contributed by atoms with Gasteiger partial charge in [0.1, 0.15) is 129 Å². The Morgan fingerprint density at radius 2 is 1.07 bits per heavy atom. The molecule has 0 radical (unpaired) electrons. The zero-order valence-electron chi connectivity index (χ0n) is 58.8. The molecule has 578 valence electrons. The molecule has 0 bridgehead atoms. The quantitative estimate of drug-likeness (QED) is 0.0218. The van der Waals surface area contributed by atoms with Gasteiger partial charge in [0.2, 0.25) is 0 Å². The summed E-state index contributed by atoms with van der Waals surface area (Å²) in [5.74, 6) is -1.92. The molecule has 18 N–H and O–H groups in total. The molecule has 0 unspecified atom stereocenters. The van der Waals surface area contributed by atoms with E-state index in [0.29, 0.717) is 57.8 Å². The van der Waals surface area contributed by atoms with Gasteiger partial charge in [0, 0.05) is 11.0 Å². The maximum Gasteiger partial charge on any atom is 0.333 e. The number of carbonyl (C=O) groups excluding carboxylic acids is 1. The first-order valence-corrected chi connectivity index (χ1v) is 35.6. The van der Waals surface area contributed by atoms with Gasteiger partial charge in [-0.15, -0.1) is 6.58 Å². The number of aliphatic hydroxyl groups excluding tert-OH is 16. The van der Waals surface area contributed by atoms with Gasteiger partial charge in [0.05, 0.1) is 50.2 Å². The topological polar surface area (TPSA) is 500 Å². The Hall–Kier alpha value is -2.92. The van der Waals surface area contributed by atoms with Gasteiger partial charge in [-0.3, -0.25) is 4.79 Å². The minimum atomic E-state index is -2.26. The highest BCUT2D eigenvalue weighted by atomic mass is 16.8. The average Bonchev–Trinajstić information content (AvgIpc) is 0.673. The Balaban J connectivity index is 0.887. The molecule has 10 rings (SSSR count). The van der Waals surface area contributed by atoms with Crippen molar-refractivity contribution in [3.63, 3.8) is 0 Å². The van der Waals surface area contributed by atoms with Crippen LogP contribution in [0.1, 0.15) is 132 Å². The molecular formula is C70H112O31. The van der Waals surface area contributed by atoms with Crippen molar-refractivity contribution in [1.29, 1.82) is 0 Å². The van der Waals surface area contributed by atoms with Crippen molar-refractivity contribution in [1.82, 2.24) is 0 Å². The van der Waals surface area contributed by atoms with Crippen LogP contribution in [0.15, 0.2) is 36.0 Å². The molecule has 34 atom stereocenters. The van der Waals surface area contributed by atoms with Crippen LogP contribution in [0, 0.1) is 50.2 Å². The van der Waals surface area contributed by atoms with Crippen LogP contribution in [0.3, 0.4) is 0 Å². The van der Waals surface area contributed by atoms with Crippen LogP contribution in [0.4, 0.5) is 0 Å². The average molecular weight is 1450 g/mol. The van der Waals surface area contributed by atoms with E-state index in [9.17, 15) is 102 Å². The molecule has 0 aromatic carbocycles. The third-order valence-corrected chi connectivity index (χ3v) is 25.6. The first kappa shape index (κ1) is 80.6. The third kappa shape index (κ3) is 14.7. The lowest BCUT2D eigenvalue weighted by Gasteiger charge is -2.71. The van der Waals surface area contributed by atoms with E-state index < -0.39 is 232 Å². The van der Waals surface area contributed by atoms with Crippen LogP contribution in [0.25, 0.3) is 0 Å². The van der Waals surface area contributed by atoms with Crippen molar-refractivity contribution >= 4 is 11.9 Å². The molecular weight excluding hydrogens is 1340 g/mol. The highest BCUT2D eigenvalue weighted by molar-refractivity contribution is 5.87. The van der Waals surface area contributed by atoms with E-state index in [4.69, 9.17) is 52.1 Å². The third-order valence-electron chi connectivity index (χ3n) is 25.6. The van der Waals surface area contributed by atoms with E-state index in [0.717, 1.165) is 12.0 Å². The number of fused-ring (bicyclic) bond motifs is 7. The molecule has 5 aliphatic heterocycles. The molecule has 0 aromatic heterocycles. The molecule has 5 saturated heterocycles. The number of allylic oxidation sites excluding steroid dienone is 2. The van der Waals surface area contributed by atoms with Crippen molar-refractivity contribution in [2.75, 3.05) is 39.6 Å². The Morgan fingerprint density at radius 1 is 0.564 bits per heavy atom. The van der Waals surface area contributed by atoms with E-state index in [1.807, 2.05) is 0 Å². The molecule has 0 aromatic rings. The van der Waals surface area contributed by atoms with Crippen molar-refractivity contribution in [2.24, 2.45) is 50.2 Å². The van der Waals surface area contributed by atoms with Gasteiger partial charge in [-0.05, 0) is 130 Å². The number of ether oxygens (including phenoxy) is 11. The van der Waals surface area contributed by atoms with Crippen LogP contribution >= 0.6 is 0 Å². The normalized spacial score (nSPS) is 48.9. The number of carboxylic acids is 1. The van der Waals surface area contributed by atoms with E-state index >= 15 is 0 Å². The van der Waals surface area contributed by atoms with Gasteiger partial charge in [0.15, 0.2) is 31.5 Å². The Labute approximate surface area is 587 Å². The highest BCUT2D eigenvalue weighted by Gasteiger charge is 2.71. The first-order chi connectivity index (χ1) is 47.4. The number of aliphatic carboxylic acids is 1. The summed E-state index contributed by atoms with van der Waals surface area (Å²) in [6.45, 7) is 14.9. The van der Waals surface area contributed by atoms with Gasteiger partial charge in [-0.1, -0.05) is 65.3 Å². The number of hydrogen-bond donors (Lipinski definition) is 18. The van der Waals surface area contributed by atoms with Crippen molar-refractivity contribution in [2.45, 2.75) is 298 Å². The van der Waals surface area contributed by atoms with E-state index in [1.54, 1.807) is 0 Å². The molecule has 5 aliphatic carbocycles. The number of aliphatic hydroxyl groups is 17. The first-order valence-electron chi connectivity index (χ1n) is 35.6. The minimum absolute atomic E-state index is 0.0374. The van der Waals surface area contributed by atoms with Gasteiger partial charge in [0.25, 0.3) is 0 Å². The highest BCUT2D eigenvalue weighted by Crippen LogP contribution is 2.76. The van der Waals surface area contributed by atoms with Gasteiger partial charge in [-0.2, -0.15) is 0 Å². The van der Waals surface area contributed by atoms with Crippen LogP contribution < -0.4 is 0 Å². The summed E-state index contributed by atoms with van der Waals surface area (Å²) in [6.07, 6.45) is -37.7. The summed E-state index contributed by atoms with van der Waals surface area (Å²) in [7, 11) is 0. The summed E-state index contributed by atoms with van der Waals surface area (Å²) in [5.41, 5.74) is -3.24. The summed E-state index contributed by atoms with van der Waals surface area (Å²) >= 11 is 0. The lowest BCUT2D eigenvalue weighted by molar-refractivity contribution is -0.406. The maximum atomic E-state index is 13.4. The van der Waals surface area contributed by atoms with Gasteiger partial charge >= 0.3 is 11.9 Å². The lowest BCUT2D eigenvalue weighted by atomic mass is 9.33. The SMILES string of the molecule is C=C[C@@](C)(O)CC/C=C(\C)C(=O)OC[C@H]1O[C@@H](O[C@H]2[C@H](O[C@@H]3[C@@H](O)[C@H](O[C@H]4[C@H](O)[C@@H](O[C@@H]5O[C@H](CO)[C@@H](O)[C@H](O)[C@H]5O)[C@H](O[C@H]5CC[C@]6(C)[C@H]7CC=C8[C@H]9CC(C)(C)CC[C@]9(C(=O)O)CC[C@@]8(CO)[C@]7(C)CC[C@H]6C5(C)C)O[C@@H]4CO)O[C@H](CO)[C@H]3O)O[C@H](CO)[C@@H](O)[C@@H]2O)[C@H](O)[C@@H](O)[C@@H]1O. The second-order valence-corrected chi connectivity index (χ2v) is 32.4. The molecule has 31 heteroatoms. The minimum Gasteiger partial charge on any atom is -0.481 e. The van der Waals surface area contributed by atoms with E-state index in [2.05, 4.69) is 54.2 Å². The van der Waals surface area contributed by atoms with Crippen LogP contribution in [0.2, 0.25) is 0 Å². The Kier molecular flexibility index (Phi) is 24.7. The number of rotatable bonds is 23. The van der Waals surface area contributed by atoms with Crippen molar-refractivity contribution in [3.05, 3.63) is 36.0 Å². The summed E-state index contributed by atoms with van der Waals surface area (Å²) in [6, 6.07) is 0. The molecule has 31 nitrogen and oxygen atoms in total. The molecule has 0 amide bonds. The van der Waals surface area contributed by atoms with Crippen molar-refractivity contribution in [3.8, 4) is 0 Å². The van der Waals surface area contributed by atoms with E-state index in [1.165, 1.54) is 26.0 Å². The van der Waals surface area contributed by atoms with Crippen LogP contribution in [-0.2, 0) is 61.7 Å². The molecule has 10 aliphatic rings. The number of carboxylic acid groups (broad SMARTS) is 1. The Bertz CT molecular complexity index is 2910. The van der Waals surface area contributed by atoms with Gasteiger partial charge in [-0.25, -0.2) is 4.79 Å². The predicted octanol–water partition coefficient (Wildman–Crippen LogP) is -2.46. The summed E-state index contributed by atoms with van der Waals surface area (Å²) in [5, 5.41) is 201. The standard InChI is InChI=1S/C70H112O31/c1-10-66(7,90)17-11-12-31(2)57(87)91-29-38-44(78)47(81)50(84)59(96-38)100-55-48(82)43(77)35(26-72)94-62(55)99-54-45(79)36(27-73)93-60(52(54)86)98-53-37(28-74)95-61(56(51(53)85)101-58-49(83)46(80)42(76)34(25-71)92-58)97-41-16-18-67(8)39(65(41,5)6)15-19-68(9)40(67)14-13-32-33-24-64(3,4)20-21-69(33,63(88)89)22-23-70(32,68)30-75/h10,12-13,33-56,58-62,71-86,90H,1,11,14-30H2,2-9H3,(H,88,89)/b31-12+/t33-,34-,35-,36-,37-,38-,39+,40-,41+,42-,43-,44-,45-,46+,47+,48+,49-,50-,51+,52-,53-,54+,55-,56-,58+,59+,60+,61+,62+,66-,67+,68-,69+,70+/m1/s1. The second-order valence-electron chi connectivity index (χ2n) is 32.4. The molecule has 9 fully saturated rings.